The molecule has 1 aromatic heterocycles. The van der Waals surface area contributed by atoms with Gasteiger partial charge in [0.25, 0.3) is 0 Å². The highest BCUT2D eigenvalue weighted by atomic mass is 32.2. The maximum absolute atomic E-state index is 12.3. The molecular formula is C13H16N2O6S. The number of carboxylic acid groups (broad SMARTS) is 1. The Morgan fingerprint density at radius 1 is 1.41 bits per heavy atom. The smallest absolute Gasteiger partial charge is 0.417 e. The van der Waals surface area contributed by atoms with Crippen LogP contribution in [0.5, 0.6) is 0 Å². The molecule has 9 heteroatoms. The van der Waals surface area contributed by atoms with Crippen LogP contribution in [0.15, 0.2) is 32.3 Å². The number of H-pyrrole nitrogens is 1. The van der Waals surface area contributed by atoms with E-state index in [1.54, 1.807) is 13.8 Å². The second kappa shape index (κ2) is 5.93. The van der Waals surface area contributed by atoms with Crippen LogP contribution in [-0.2, 0) is 14.8 Å². The highest BCUT2D eigenvalue weighted by Crippen LogP contribution is 2.17. The van der Waals surface area contributed by atoms with E-state index < -0.39 is 27.8 Å². The predicted molar refractivity (Wildman–Crippen MR) is 78.0 cm³/mol. The van der Waals surface area contributed by atoms with Crippen LogP contribution >= 0.6 is 0 Å². The molecule has 0 aliphatic carbocycles. The first-order valence-corrected chi connectivity index (χ1v) is 8.05. The monoisotopic (exact) mass is 328 g/mol. The largest absolute Gasteiger partial charge is 0.480 e. The van der Waals surface area contributed by atoms with E-state index in [1.807, 2.05) is 0 Å². The summed E-state index contributed by atoms with van der Waals surface area (Å²) in [6.07, 6.45) is 0.163. The van der Waals surface area contributed by atoms with Crippen LogP contribution in [0.25, 0.3) is 11.1 Å². The van der Waals surface area contributed by atoms with Crippen molar-refractivity contribution in [2.75, 3.05) is 0 Å². The van der Waals surface area contributed by atoms with Gasteiger partial charge in [-0.2, -0.15) is 4.72 Å². The zero-order chi connectivity index (χ0) is 16.5. The van der Waals surface area contributed by atoms with E-state index in [0.717, 1.165) is 0 Å². The molecule has 0 spiro atoms. The third kappa shape index (κ3) is 3.55. The molecule has 2 rings (SSSR count). The fraction of sp³-hybridized carbons (Fsp3) is 0.385. The number of oxazole rings is 1. The van der Waals surface area contributed by atoms with E-state index in [0.29, 0.717) is 5.52 Å². The third-order valence-electron chi connectivity index (χ3n) is 3.01. The van der Waals surface area contributed by atoms with Gasteiger partial charge in [0.1, 0.15) is 6.04 Å². The molecule has 1 aromatic carbocycles. The molecule has 1 atom stereocenters. The van der Waals surface area contributed by atoms with Crippen LogP contribution in [-0.4, -0.2) is 30.5 Å². The van der Waals surface area contributed by atoms with Crippen molar-refractivity contribution >= 4 is 27.1 Å². The maximum atomic E-state index is 12.3. The molecule has 22 heavy (non-hydrogen) atoms. The lowest BCUT2D eigenvalue weighted by molar-refractivity contribution is -0.139. The molecule has 0 bridgehead atoms. The molecular weight excluding hydrogens is 312 g/mol. The van der Waals surface area contributed by atoms with Crippen LogP contribution in [0.3, 0.4) is 0 Å². The van der Waals surface area contributed by atoms with Gasteiger partial charge in [0, 0.05) is 6.07 Å². The van der Waals surface area contributed by atoms with E-state index in [4.69, 9.17) is 9.52 Å². The number of hydrogen-bond donors (Lipinski definition) is 3. The van der Waals surface area contributed by atoms with Crippen molar-refractivity contribution in [3.8, 4) is 0 Å². The zero-order valence-corrected chi connectivity index (χ0v) is 12.8. The lowest BCUT2D eigenvalue weighted by Gasteiger charge is -2.16. The predicted octanol–water partition coefficient (Wildman–Crippen LogP) is 0.899. The molecule has 0 amide bonds. The van der Waals surface area contributed by atoms with Crippen LogP contribution in [0, 0.1) is 5.92 Å². The summed E-state index contributed by atoms with van der Waals surface area (Å²) in [5.74, 6) is -1.93. The summed E-state index contributed by atoms with van der Waals surface area (Å²) >= 11 is 0. The number of carboxylic acids is 1. The van der Waals surface area contributed by atoms with Crippen molar-refractivity contribution in [3.63, 3.8) is 0 Å². The lowest BCUT2D eigenvalue weighted by atomic mass is 10.1. The van der Waals surface area contributed by atoms with Gasteiger partial charge in [-0.1, -0.05) is 13.8 Å². The van der Waals surface area contributed by atoms with E-state index in [-0.39, 0.29) is 22.8 Å². The molecule has 1 heterocycles. The second-order valence-corrected chi connectivity index (χ2v) is 7.03. The molecule has 120 valence electrons. The third-order valence-corrected chi connectivity index (χ3v) is 4.47. The Hall–Kier alpha value is -2.13. The molecule has 1 unspecified atom stereocenters. The number of hydrogen-bond acceptors (Lipinski definition) is 5. The van der Waals surface area contributed by atoms with Gasteiger partial charge in [-0.05, 0) is 24.5 Å². The first-order chi connectivity index (χ1) is 10.2. The minimum Gasteiger partial charge on any atom is -0.480 e. The average Bonchev–Trinajstić information content (AvgIpc) is 2.75. The molecule has 2 aromatic rings. The van der Waals surface area contributed by atoms with Gasteiger partial charge in [0.05, 0.1) is 10.4 Å². The molecule has 8 nitrogen and oxygen atoms in total. The first-order valence-electron chi connectivity index (χ1n) is 6.57. The fourth-order valence-corrected chi connectivity index (χ4v) is 3.24. The van der Waals surface area contributed by atoms with Gasteiger partial charge >= 0.3 is 11.7 Å². The number of aromatic amines is 1. The maximum Gasteiger partial charge on any atom is 0.417 e. The zero-order valence-electron chi connectivity index (χ0n) is 12.0. The molecule has 0 fully saturated rings. The number of aromatic nitrogens is 1. The van der Waals surface area contributed by atoms with E-state index >= 15 is 0 Å². The Kier molecular flexibility index (Phi) is 4.38. The Morgan fingerprint density at radius 2 is 2.09 bits per heavy atom. The molecule has 0 saturated heterocycles. The van der Waals surface area contributed by atoms with Crippen molar-refractivity contribution in [2.45, 2.75) is 31.2 Å². The number of carbonyl (C=O) groups is 1. The van der Waals surface area contributed by atoms with Gasteiger partial charge in [0.2, 0.25) is 10.0 Å². The summed E-state index contributed by atoms with van der Waals surface area (Å²) in [7, 11) is -4.04. The normalized spacial score (nSPS) is 13.6. The highest BCUT2D eigenvalue weighted by molar-refractivity contribution is 7.89. The SMILES string of the molecule is CC(C)CC(NS(=O)(=O)c1ccc2[nH]c(=O)oc2c1)C(=O)O. The van der Waals surface area contributed by atoms with Crippen LogP contribution in [0.4, 0.5) is 0 Å². The number of benzene rings is 1. The average molecular weight is 328 g/mol. The van der Waals surface area contributed by atoms with Gasteiger partial charge in [-0.15, -0.1) is 0 Å². The van der Waals surface area contributed by atoms with E-state index in [9.17, 15) is 18.0 Å². The standard InChI is InChI=1S/C13H16N2O6S/c1-7(2)5-10(12(16)17)15-22(19,20)8-3-4-9-11(6-8)21-13(18)14-9/h3-4,6-7,10,15H,5H2,1-2H3,(H,14,18)(H,16,17). The lowest BCUT2D eigenvalue weighted by Crippen LogP contribution is -2.41. The summed E-state index contributed by atoms with van der Waals surface area (Å²) in [6, 6.07) is 2.60. The van der Waals surface area contributed by atoms with Crippen molar-refractivity contribution in [1.82, 2.24) is 9.71 Å². The van der Waals surface area contributed by atoms with Crippen molar-refractivity contribution < 1.29 is 22.7 Å². The quantitative estimate of drug-likeness (QED) is 0.722. The number of aliphatic carboxylic acids is 1. The minimum atomic E-state index is -4.04. The summed E-state index contributed by atoms with van der Waals surface area (Å²) < 4.78 is 31.5. The second-order valence-electron chi connectivity index (χ2n) is 5.31. The van der Waals surface area contributed by atoms with Crippen LogP contribution < -0.4 is 10.5 Å². The summed E-state index contributed by atoms with van der Waals surface area (Å²) in [5.41, 5.74) is 0.449. The van der Waals surface area contributed by atoms with Crippen molar-refractivity contribution in [3.05, 3.63) is 28.7 Å². The van der Waals surface area contributed by atoms with E-state index in [2.05, 4.69) is 9.71 Å². The summed E-state index contributed by atoms with van der Waals surface area (Å²) in [4.78, 5) is 24.5. The molecule has 0 aliphatic rings. The number of nitrogens with one attached hydrogen (secondary N) is 2. The molecule has 0 saturated carbocycles. The number of fused-ring (bicyclic) bond motifs is 1. The van der Waals surface area contributed by atoms with E-state index in [1.165, 1.54) is 18.2 Å². The Bertz CT molecular complexity index is 849. The molecule has 0 radical (unpaired) electrons. The van der Waals surface area contributed by atoms with Gasteiger partial charge in [-0.25, -0.2) is 13.2 Å². The Morgan fingerprint density at radius 3 is 2.68 bits per heavy atom. The van der Waals surface area contributed by atoms with Gasteiger partial charge < -0.3 is 9.52 Å². The van der Waals surface area contributed by atoms with Crippen LogP contribution in [0.2, 0.25) is 0 Å². The number of sulfonamides is 1. The molecule has 3 N–H and O–H groups in total. The van der Waals surface area contributed by atoms with Crippen molar-refractivity contribution in [1.29, 1.82) is 0 Å². The fourth-order valence-electron chi connectivity index (χ4n) is 2.02. The number of rotatable bonds is 6. The summed E-state index contributed by atoms with van der Waals surface area (Å²) in [5, 5.41) is 9.12. The topological polar surface area (TPSA) is 129 Å². The van der Waals surface area contributed by atoms with Gasteiger partial charge in [-0.3, -0.25) is 9.78 Å². The Labute approximate surface area is 126 Å². The van der Waals surface area contributed by atoms with Crippen molar-refractivity contribution in [2.24, 2.45) is 5.92 Å². The minimum absolute atomic E-state index is 0.00831. The highest BCUT2D eigenvalue weighted by Gasteiger charge is 2.26. The summed E-state index contributed by atoms with van der Waals surface area (Å²) in [6.45, 7) is 3.59. The van der Waals surface area contributed by atoms with Crippen LogP contribution in [0.1, 0.15) is 20.3 Å². The molecule has 0 aliphatic heterocycles. The first kappa shape index (κ1) is 16.2. The van der Waals surface area contributed by atoms with Gasteiger partial charge in [0.15, 0.2) is 5.58 Å². The Balaban J connectivity index is 2.34.